The number of aromatic nitrogens is 2. The van der Waals surface area contributed by atoms with E-state index in [0.29, 0.717) is 25.6 Å². The number of carboxylic acid groups (broad SMARTS) is 1. The first-order chi connectivity index (χ1) is 7.65. The summed E-state index contributed by atoms with van der Waals surface area (Å²) >= 11 is 0. The van der Waals surface area contributed by atoms with E-state index in [1.807, 2.05) is 18.9 Å². The van der Waals surface area contributed by atoms with Crippen molar-refractivity contribution in [3.8, 4) is 0 Å². The van der Waals surface area contributed by atoms with E-state index in [-0.39, 0.29) is 5.69 Å². The molecule has 6 nitrogen and oxygen atoms in total. The van der Waals surface area contributed by atoms with E-state index in [0.717, 1.165) is 0 Å². The summed E-state index contributed by atoms with van der Waals surface area (Å²) in [5.41, 5.74) is -0.0537. The van der Waals surface area contributed by atoms with Crippen molar-refractivity contribution in [1.29, 1.82) is 0 Å². The lowest BCUT2D eigenvalue weighted by molar-refractivity contribution is 0.0689. The van der Waals surface area contributed by atoms with Crippen LogP contribution in [0, 0.1) is 0 Å². The van der Waals surface area contributed by atoms with Gasteiger partial charge in [0.2, 0.25) is 0 Å². The van der Waals surface area contributed by atoms with Crippen LogP contribution in [0.5, 0.6) is 0 Å². The monoisotopic (exact) mass is 225 g/mol. The van der Waals surface area contributed by atoms with Gasteiger partial charge in [-0.15, -0.1) is 10.2 Å². The lowest BCUT2D eigenvalue weighted by atomic mass is 10.4. The maximum atomic E-state index is 10.6. The molecule has 0 aliphatic carbocycles. The fraction of sp³-hybridized carbons (Fsp3) is 0.500. The Bertz CT molecular complexity index is 340. The number of hydrogen-bond donors (Lipinski definition) is 1. The van der Waals surface area contributed by atoms with Crippen molar-refractivity contribution in [2.75, 3.05) is 31.7 Å². The highest BCUT2D eigenvalue weighted by molar-refractivity contribution is 5.85. The van der Waals surface area contributed by atoms with E-state index in [9.17, 15) is 4.79 Å². The molecular weight excluding hydrogens is 210 g/mol. The lowest BCUT2D eigenvalue weighted by Gasteiger charge is -2.16. The first kappa shape index (κ1) is 12.4. The Morgan fingerprint density at radius 3 is 2.75 bits per heavy atom. The number of rotatable bonds is 6. The number of ether oxygens (including phenoxy) is 1. The summed E-state index contributed by atoms with van der Waals surface area (Å²) in [6.07, 6.45) is 0. The van der Waals surface area contributed by atoms with Crippen molar-refractivity contribution < 1.29 is 14.6 Å². The van der Waals surface area contributed by atoms with E-state index in [4.69, 9.17) is 9.84 Å². The molecule has 0 unspecified atom stereocenters. The van der Waals surface area contributed by atoms with Crippen LogP contribution >= 0.6 is 0 Å². The van der Waals surface area contributed by atoms with Gasteiger partial charge in [0.05, 0.1) is 6.61 Å². The third-order valence-electron chi connectivity index (χ3n) is 2.04. The molecule has 1 rings (SSSR count). The molecule has 0 amide bonds. The van der Waals surface area contributed by atoms with Gasteiger partial charge in [0.1, 0.15) is 0 Å². The van der Waals surface area contributed by atoms with Gasteiger partial charge in [0.15, 0.2) is 11.5 Å². The zero-order chi connectivity index (χ0) is 12.0. The molecule has 0 saturated heterocycles. The number of nitrogens with zero attached hydrogens (tertiary/aromatic N) is 3. The van der Waals surface area contributed by atoms with Gasteiger partial charge in [0, 0.05) is 20.2 Å². The summed E-state index contributed by atoms with van der Waals surface area (Å²) in [5, 5.41) is 16.1. The predicted octanol–water partition coefficient (Wildman–Crippen LogP) is 0.647. The van der Waals surface area contributed by atoms with Crippen LogP contribution in [0.25, 0.3) is 0 Å². The van der Waals surface area contributed by atoms with Gasteiger partial charge in [-0.05, 0) is 19.1 Å². The van der Waals surface area contributed by atoms with Gasteiger partial charge < -0.3 is 14.7 Å². The van der Waals surface area contributed by atoms with E-state index in [1.54, 1.807) is 6.07 Å². The second-order valence-corrected chi connectivity index (χ2v) is 3.20. The second-order valence-electron chi connectivity index (χ2n) is 3.20. The third-order valence-corrected chi connectivity index (χ3v) is 2.04. The molecule has 0 saturated carbocycles. The SMILES string of the molecule is CCOCCN(C)c1ccc(C(=O)O)nn1. The van der Waals surface area contributed by atoms with Crippen molar-refractivity contribution >= 4 is 11.8 Å². The molecule has 1 aromatic rings. The summed E-state index contributed by atoms with van der Waals surface area (Å²) in [5.74, 6) is -0.444. The van der Waals surface area contributed by atoms with Gasteiger partial charge in [-0.1, -0.05) is 0 Å². The van der Waals surface area contributed by atoms with E-state index in [1.165, 1.54) is 6.07 Å². The van der Waals surface area contributed by atoms with Gasteiger partial charge in [-0.3, -0.25) is 0 Å². The van der Waals surface area contributed by atoms with Crippen LogP contribution in [0.4, 0.5) is 5.82 Å². The Labute approximate surface area is 93.9 Å². The Morgan fingerprint density at radius 2 is 2.25 bits per heavy atom. The van der Waals surface area contributed by atoms with Gasteiger partial charge in [0.25, 0.3) is 0 Å². The number of likely N-dealkylation sites (N-methyl/N-ethyl adjacent to an activating group) is 1. The van der Waals surface area contributed by atoms with Crippen LogP contribution in [0.2, 0.25) is 0 Å². The number of anilines is 1. The van der Waals surface area contributed by atoms with Crippen molar-refractivity contribution in [1.82, 2.24) is 10.2 Å². The van der Waals surface area contributed by atoms with Crippen molar-refractivity contribution in [2.24, 2.45) is 0 Å². The summed E-state index contributed by atoms with van der Waals surface area (Å²) in [4.78, 5) is 12.4. The molecule has 0 radical (unpaired) electrons. The highest BCUT2D eigenvalue weighted by atomic mass is 16.5. The fourth-order valence-electron chi connectivity index (χ4n) is 1.10. The highest BCUT2D eigenvalue weighted by Gasteiger charge is 2.07. The number of carboxylic acids is 1. The van der Waals surface area contributed by atoms with Crippen molar-refractivity contribution in [3.05, 3.63) is 17.8 Å². The Kier molecular flexibility index (Phi) is 4.65. The van der Waals surface area contributed by atoms with Gasteiger partial charge in [-0.25, -0.2) is 4.79 Å². The fourth-order valence-corrected chi connectivity index (χ4v) is 1.10. The normalized spacial score (nSPS) is 10.1. The van der Waals surface area contributed by atoms with Crippen LogP contribution < -0.4 is 4.90 Å². The van der Waals surface area contributed by atoms with Crippen molar-refractivity contribution in [2.45, 2.75) is 6.92 Å². The minimum Gasteiger partial charge on any atom is -0.476 e. The predicted molar refractivity (Wildman–Crippen MR) is 58.8 cm³/mol. The molecule has 6 heteroatoms. The number of hydrogen-bond acceptors (Lipinski definition) is 5. The number of aromatic carboxylic acids is 1. The lowest BCUT2D eigenvalue weighted by Crippen LogP contribution is -2.24. The smallest absolute Gasteiger partial charge is 0.356 e. The average molecular weight is 225 g/mol. The highest BCUT2D eigenvalue weighted by Crippen LogP contribution is 2.06. The van der Waals surface area contributed by atoms with Crippen LogP contribution in [-0.4, -0.2) is 48.1 Å². The molecule has 0 aliphatic rings. The van der Waals surface area contributed by atoms with Crippen LogP contribution in [0.15, 0.2) is 12.1 Å². The van der Waals surface area contributed by atoms with Gasteiger partial charge in [-0.2, -0.15) is 0 Å². The zero-order valence-electron chi connectivity index (χ0n) is 9.38. The standard InChI is InChI=1S/C10H15N3O3/c1-3-16-7-6-13(2)9-5-4-8(10(14)15)11-12-9/h4-5H,3,6-7H2,1-2H3,(H,14,15). The zero-order valence-corrected chi connectivity index (χ0v) is 9.38. The molecule has 1 aromatic heterocycles. The van der Waals surface area contributed by atoms with Crippen molar-refractivity contribution in [3.63, 3.8) is 0 Å². The first-order valence-corrected chi connectivity index (χ1v) is 5.01. The maximum Gasteiger partial charge on any atom is 0.356 e. The molecule has 88 valence electrons. The molecule has 0 fully saturated rings. The van der Waals surface area contributed by atoms with Crippen LogP contribution in [0.1, 0.15) is 17.4 Å². The quantitative estimate of drug-likeness (QED) is 0.716. The molecule has 0 aliphatic heterocycles. The summed E-state index contributed by atoms with van der Waals surface area (Å²) in [6.45, 7) is 3.91. The third kappa shape index (κ3) is 3.47. The Morgan fingerprint density at radius 1 is 1.50 bits per heavy atom. The van der Waals surface area contributed by atoms with Gasteiger partial charge >= 0.3 is 5.97 Å². The first-order valence-electron chi connectivity index (χ1n) is 5.01. The Balaban J connectivity index is 2.56. The van der Waals surface area contributed by atoms with E-state index in [2.05, 4.69) is 10.2 Å². The minimum atomic E-state index is -1.07. The molecule has 0 aromatic carbocycles. The molecule has 16 heavy (non-hydrogen) atoms. The van der Waals surface area contributed by atoms with Crippen LogP contribution in [0.3, 0.4) is 0 Å². The molecule has 0 atom stereocenters. The molecule has 1 N–H and O–H groups in total. The molecule has 0 spiro atoms. The minimum absolute atomic E-state index is 0.0537. The second kappa shape index (κ2) is 6.02. The molecule has 0 bridgehead atoms. The summed E-state index contributed by atoms with van der Waals surface area (Å²) in [6, 6.07) is 3.06. The molecular formula is C10H15N3O3. The largest absolute Gasteiger partial charge is 0.476 e. The topological polar surface area (TPSA) is 75.5 Å². The maximum absolute atomic E-state index is 10.6. The molecule has 1 heterocycles. The number of carbonyl (C=O) groups is 1. The van der Waals surface area contributed by atoms with E-state index < -0.39 is 5.97 Å². The summed E-state index contributed by atoms with van der Waals surface area (Å²) < 4.78 is 5.20. The van der Waals surface area contributed by atoms with Crippen LogP contribution in [-0.2, 0) is 4.74 Å². The van der Waals surface area contributed by atoms with E-state index >= 15 is 0 Å². The average Bonchev–Trinajstić information content (AvgIpc) is 2.29. The Hall–Kier alpha value is -1.69. The summed E-state index contributed by atoms with van der Waals surface area (Å²) in [7, 11) is 1.85.